The minimum absolute atomic E-state index is 0.0394. The van der Waals surface area contributed by atoms with E-state index in [1.165, 1.54) is 6.42 Å². The van der Waals surface area contributed by atoms with Gasteiger partial charge in [-0.1, -0.05) is 34.1 Å². The van der Waals surface area contributed by atoms with Crippen molar-refractivity contribution in [2.24, 2.45) is 11.8 Å². The summed E-state index contributed by atoms with van der Waals surface area (Å²) in [6, 6.07) is -0.334. The van der Waals surface area contributed by atoms with Gasteiger partial charge in [0.1, 0.15) is 12.1 Å². The maximum Gasteiger partial charge on any atom is 0.246 e. The second kappa shape index (κ2) is 6.15. The molecule has 2 aliphatic rings. The maximum absolute atomic E-state index is 12.8. The van der Waals surface area contributed by atoms with E-state index in [2.05, 4.69) is 19.2 Å². The summed E-state index contributed by atoms with van der Waals surface area (Å²) in [6.45, 7) is 8.35. The maximum atomic E-state index is 12.8. The van der Waals surface area contributed by atoms with Crippen LogP contribution >= 0.6 is 0 Å². The molecule has 1 saturated heterocycles. The van der Waals surface area contributed by atoms with Crippen molar-refractivity contribution in [1.82, 2.24) is 10.2 Å². The summed E-state index contributed by atoms with van der Waals surface area (Å²) in [6.07, 6.45) is 4.91. The molecule has 1 aliphatic heterocycles. The number of carbonyl (C=O) groups is 2. The van der Waals surface area contributed by atoms with Crippen molar-refractivity contribution >= 4 is 11.8 Å². The van der Waals surface area contributed by atoms with Gasteiger partial charge >= 0.3 is 0 Å². The average molecular weight is 280 g/mol. The van der Waals surface area contributed by atoms with Crippen LogP contribution < -0.4 is 5.32 Å². The van der Waals surface area contributed by atoms with Crippen molar-refractivity contribution in [3.8, 4) is 0 Å². The molecule has 0 aromatic heterocycles. The molecule has 0 spiro atoms. The first kappa shape index (κ1) is 15.3. The van der Waals surface area contributed by atoms with Gasteiger partial charge in [0.25, 0.3) is 0 Å². The summed E-state index contributed by atoms with van der Waals surface area (Å²) < 4.78 is 0. The molecule has 2 amide bonds. The van der Waals surface area contributed by atoms with Crippen LogP contribution in [0.2, 0.25) is 0 Å². The minimum Gasteiger partial charge on any atom is -0.342 e. The first-order chi connectivity index (χ1) is 9.45. The van der Waals surface area contributed by atoms with Crippen molar-refractivity contribution in [1.29, 1.82) is 0 Å². The molecule has 20 heavy (non-hydrogen) atoms. The normalized spacial score (nSPS) is 34.8. The lowest BCUT2D eigenvalue weighted by Crippen LogP contribution is -2.66. The van der Waals surface area contributed by atoms with Crippen LogP contribution in [0.3, 0.4) is 0 Å². The molecule has 4 atom stereocenters. The van der Waals surface area contributed by atoms with Crippen molar-refractivity contribution in [2.45, 2.75) is 77.9 Å². The van der Waals surface area contributed by atoms with E-state index in [9.17, 15) is 9.59 Å². The Morgan fingerprint density at radius 3 is 2.50 bits per heavy atom. The highest BCUT2D eigenvalue weighted by molar-refractivity contribution is 5.97. The van der Waals surface area contributed by atoms with Gasteiger partial charge in [-0.15, -0.1) is 0 Å². The van der Waals surface area contributed by atoms with E-state index < -0.39 is 0 Å². The fraction of sp³-hybridized carbons (Fsp3) is 0.875. The Balaban J connectivity index is 2.24. The third kappa shape index (κ3) is 2.84. The quantitative estimate of drug-likeness (QED) is 0.859. The molecule has 4 heteroatoms. The molecule has 2 rings (SSSR count). The van der Waals surface area contributed by atoms with Crippen molar-refractivity contribution in [2.75, 3.05) is 0 Å². The summed E-state index contributed by atoms with van der Waals surface area (Å²) >= 11 is 0. The van der Waals surface area contributed by atoms with Gasteiger partial charge in [-0.2, -0.15) is 0 Å². The first-order valence-electron chi connectivity index (χ1n) is 8.08. The molecule has 0 radical (unpaired) electrons. The van der Waals surface area contributed by atoms with Crippen LogP contribution in [0, 0.1) is 11.8 Å². The van der Waals surface area contributed by atoms with Gasteiger partial charge in [0, 0.05) is 6.04 Å². The largest absolute Gasteiger partial charge is 0.342 e. The van der Waals surface area contributed by atoms with Crippen LogP contribution in [0.4, 0.5) is 0 Å². The van der Waals surface area contributed by atoms with Gasteiger partial charge in [0.05, 0.1) is 0 Å². The van der Waals surface area contributed by atoms with Crippen molar-refractivity contribution in [3.05, 3.63) is 0 Å². The summed E-state index contributed by atoms with van der Waals surface area (Å²) in [4.78, 5) is 27.1. The molecule has 1 saturated carbocycles. The van der Waals surface area contributed by atoms with Crippen LogP contribution in [-0.4, -0.2) is 34.8 Å². The Morgan fingerprint density at radius 1 is 1.30 bits per heavy atom. The summed E-state index contributed by atoms with van der Waals surface area (Å²) in [5.74, 6) is 1.01. The monoisotopic (exact) mass is 280 g/mol. The fourth-order valence-electron chi connectivity index (χ4n) is 3.71. The van der Waals surface area contributed by atoms with Crippen molar-refractivity contribution < 1.29 is 9.59 Å². The summed E-state index contributed by atoms with van der Waals surface area (Å²) in [7, 11) is 0. The Hall–Kier alpha value is -1.06. The lowest BCUT2D eigenvalue weighted by atomic mass is 9.93. The number of amides is 2. The van der Waals surface area contributed by atoms with E-state index in [1.807, 2.05) is 18.7 Å². The van der Waals surface area contributed by atoms with Gasteiger partial charge in [-0.3, -0.25) is 9.59 Å². The van der Waals surface area contributed by atoms with E-state index >= 15 is 0 Å². The number of nitrogens with zero attached hydrogens (tertiary/aromatic N) is 1. The average Bonchev–Trinajstić information content (AvgIpc) is 2.79. The molecule has 1 N–H and O–H groups in total. The molecular formula is C16H28N2O2. The van der Waals surface area contributed by atoms with Gasteiger partial charge in [-0.05, 0) is 37.5 Å². The fourth-order valence-corrected chi connectivity index (χ4v) is 3.71. The van der Waals surface area contributed by atoms with E-state index in [4.69, 9.17) is 0 Å². The van der Waals surface area contributed by atoms with E-state index in [1.54, 1.807) is 0 Å². The highest BCUT2D eigenvalue weighted by Crippen LogP contribution is 2.33. The molecule has 2 fully saturated rings. The lowest BCUT2D eigenvalue weighted by Gasteiger charge is -2.44. The molecular weight excluding hydrogens is 252 g/mol. The first-order valence-corrected chi connectivity index (χ1v) is 8.08. The number of carbonyl (C=O) groups excluding carboxylic acids is 2. The molecule has 0 aromatic rings. The third-order valence-electron chi connectivity index (χ3n) is 4.71. The number of hydrogen-bond acceptors (Lipinski definition) is 2. The van der Waals surface area contributed by atoms with Gasteiger partial charge in [0.15, 0.2) is 0 Å². The standard InChI is InChI=1S/C16H28N2O2/c1-5-6-13-16(20)18(12-8-7-11(4)9-12)14(10(2)3)15(19)17-13/h10-14H,5-9H2,1-4H3,(H,17,19). The van der Waals surface area contributed by atoms with Crippen molar-refractivity contribution in [3.63, 3.8) is 0 Å². The van der Waals surface area contributed by atoms with Crippen LogP contribution in [0.15, 0.2) is 0 Å². The van der Waals surface area contributed by atoms with Gasteiger partial charge in [-0.25, -0.2) is 0 Å². The predicted octanol–water partition coefficient (Wildman–Crippen LogP) is 2.33. The summed E-state index contributed by atoms with van der Waals surface area (Å²) in [5.41, 5.74) is 0. The number of piperazine rings is 1. The zero-order valence-corrected chi connectivity index (χ0v) is 13.2. The van der Waals surface area contributed by atoms with Crippen LogP contribution in [-0.2, 0) is 9.59 Å². The Bertz CT molecular complexity index is 381. The lowest BCUT2D eigenvalue weighted by molar-refractivity contribution is -0.154. The van der Waals surface area contributed by atoms with Crippen LogP contribution in [0.5, 0.6) is 0 Å². The molecule has 114 valence electrons. The smallest absolute Gasteiger partial charge is 0.246 e. The zero-order chi connectivity index (χ0) is 14.9. The van der Waals surface area contributed by atoms with Crippen LogP contribution in [0.25, 0.3) is 0 Å². The topological polar surface area (TPSA) is 49.4 Å². The number of nitrogens with one attached hydrogen (secondary N) is 1. The molecule has 0 bridgehead atoms. The predicted molar refractivity (Wildman–Crippen MR) is 79.1 cm³/mol. The molecule has 1 aliphatic carbocycles. The Labute approximate surface area is 122 Å². The van der Waals surface area contributed by atoms with E-state index in [0.29, 0.717) is 5.92 Å². The summed E-state index contributed by atoms with van der Waals surface area (Å²) in [5, 5.41) is 2.93. The van der Waals surface area contributed by atoms with Gasteiger partial charge < -0.3 is 10.2 Å². The second-order valence-electron chi connectivity index (χ2n) is 6.86. The van der Waals surface area contributed by atoms with E-state index in [-0.39, 0.29) is 35.9 Å². The Morgan fingerprint density at radius 2 is 2.00 bits per heavy atom. The molecule has 1 heterocycles. The van der Waals surface area contributed by atoms with Gasteiger partial charge in [0.2, 0.25) is 11.8 Å². The zero-order valence-electron chi connectivity index (χ0n) is 13.2. The van der Waals surface area contributed by atoms with E-state index in [0.717, 1.165) is 25.7 Å². The number of rotatable bonds is 4. The minimum atomic E-state index is -0.307. The molecule has 4 unspecified atom stereocenters. The Kier molecular flexibility index (Phi) is 4.71. The SMILES string of the molecule is CCCC1NC(=O)C(C(C)C)N(C2CCC(C)C2)C1=O. The molecule has 4 nitrogen and oxygen atoms in total. The van der Waals surface area contributed by atoms with Crippen LogP contribution in [0.1, 0.15) is 59.8 Å². The molecule has 0 aromatic carbocycles. The third-order valence-corrected chi connectivity index (χ3v) is 4.71. The highest BCUT2D eigenvalue weighted by atomic mass is 16.2. The highest BCUT2D eigenvalue weighted by Gasteiger charge is 2.45. The second-order valence-corrected chi connectivity index (χ2v) is 6.86. The number of hydrogen-bond donors (Lipinski definition) is 1.